The van der Waals surface area contributed by atoms with E-state index in [1.807, 2.05) is 0 Å². The fourth-order valence-electron chi connectivity index (χ4n) is 1.83. The molecule has 1 aliphatic heterocycles. The van der Waals surface area contributed by atoms with Crippen molar-refractivity contribution in [3.8, 4) is 5.75 Å². The molecule has 0 aliphatic carbocycles. The van der Waals surface area contributed by atoms with Gasteiger partial charge in [0.05, 0.1) is 7.11 Å². The van der Waals surface area contributed by atoms with Crippen LogP contribution in [0.2, 0.25) is 0 Å². The average Bonchev–Trinajstić information content (AvgIpc) is 2.80. The normalized spacial score (nSPS) is 23.4. The molecule has 5 heteroatoms. The summed E-state index contributed by atoms with van der Waals surface area (Å²) in [5, 5.41) is 2.98. The van der Waals surface area contributed by atoms with Gasteiger partial charge in [0, 0.05) is 13.0 Å². The van der Waals surface area contributed by atoms with Crippen molar-refractivity contribution in [2.75, 3.05) is 13.7 Å². The summed E-state index contributed by atoms with van der Waals surface area (Å²) in [5.74, 6) is -0.497. The maximum atomic E-state index is 13.3. The minimum Gasteiger partial charge on any atom is -0.486 e. The first-order valence-electron chi connectivity index (χ1n) is 5.43. The van der Waals surface area contributed by atoms with Gasteiger partial charge in [-0.05, 0) is 12.1 Å². The van der Waals surface area contributed by atoms with Gasteiger partial charge in [0.1, 0.15) is 12.1 Å². The van der Waals surface area contributed by atoms with E-state index < -0.39 is 5.82 Å². The SMILES string of the molecule is COC(=O)[C@H]1C[C@@H](Oc2ccccc2F)CN1. The molecular weight excluding hydrogens is 225 g/mol. The highest BCUT2D eigenvalue weighted by Crippen LogP contribution is 2.20. The predicted octanol–water partition coefficient (Wildman–Crippen LogP) is 1.11. The van der Waals surface area contributed by atoms with Gasteiger partial charge in [-0.1, -0.05) is 12.1 Å². The Hall–Kier alpha value is -1.62. The molecule has 2 atom stereocenters. The highest BCUT2D eigenvalue weighted by molar-refractivity contribution is 5.76. The summed E-state index contributed by atoms with van der Waals surface area (Å²) in [6.45, 7) is 0.508. The minimum atomic E-state index is -0.394. The lowest BCUT2D eigenvalue weighted by molar-refractivity contribution is -0.142. The van der Waals surface area contributed by atoms with Gasteiger partial charge in [-0.25, -0.2) is 4.39 Å². The number of methoxy groups -OCH3 is 1. The van der Waals surface area contributed by atoms with Gasteiger partial charge in [0.25, 0.3) is 0 Å². The first kappa shape index (κ1) is 11.9. The van der Waals surface area contributed by atoms with Crippen molar-refractivity contribution in [1.82, 2.24) is 5.32 Å². The molecule has 1 aliphatic rings. The molecular formula is C12H14FNO3. The Balaban J connectivity index is 1.94. The highest BCUT2D eigenvalue weighted by atomic mass is 19.1. The first-order chi connectivity index (χ1) is 8.20. The van der Waals surface area contributed by atoms with E-state index in [9.17, 15) is 9.18 Å². The van der Waals surface area contributed by atoms with Crippen LogP contribution >= 0.6 is 0 Å². The maximum absolute atomic E-state index is 13.3. The van der Waals surface area contributed by atoms with Gasteiger partial charge in [0.2, 0.25) is 0 Å². The third kappa shape index (κ3) is 2.74. The van der Waals surface area contributed by atoms with Gasteiger partial charge in [-0.2, -0.15) is 0 Å². The Labute approximate surface area is 98.7 Å². The van der Waals surface area contributed by atoms with Crippen molar-refractivity contribution in [3.05, 3.63) is 30.1 Å². The van der Waals surface area contributed by atoms with Crippen LogP contribution < -0.4 is 10.1 Å². The number of para-hydroxylation sites is 1. The van der Waals surface area contributed by atoms with Gasteiger partial charge >= 0.3 is 5.97 Å². The third-order valence-electron chi connectivity index (χ3n) is 2.71. The summed E-state index contributed by atoms with van der Waals surface area (Å²) >= 11 is 0. The molecule has 0 unspecified atom stereocenters. The monoisotopic (exact) mass is 239 g/mol. The third-order valence-corrected chi connectivity index (χ3v) is 2.71. The van der Waals surface area contributed by atoms with Crippen molar-refractivity contribution < 1.29 is 18.7 Å². The Morgan fingerprint density at radius 2 is 2.24 bits per heavy atom. The zero-order valence-corrected chi connectivity index (χ0v) is 9.48. The molecule has 0 radical (unpaired) electrons. The zero-order valence-electron chi connectivity index (χ0n) is 9.48. The number of hydrogen-bond acceptors (Lipinski definition) is 4. The Morgan fingerprint density at radius 1 is 1.47 bits per heavy atom. The minimum absolute atomic E-state index is 0.212. The highest BCUT2D eigenvalue weighted by Gasteiger charge is 2.31. The number of carbonyl (C=O) groups is 1. The van der Waals surface area contributed by atoms with Crippen molar-refractivity contribution in [2.24, 2.45) is 0 Å². The van der Waals surface area contributed by atoms with Crippen molar-refractivity contribution in [1.29, 1.82) is 0 Å². The zero-order chi connectivity index (χ0) is 12.3. The molecule has 0 saturated carbocycles. The van der Waals surface area contributed by atoms with Crippen molar-refractivity contribution in [3.63, 3.8) is 0 Å². The number of ether oxygens (including phenoxy) is 2. The van der Waals surface area contributed by atoms with Crippen LogP contribution in [0.4, 0.5) is 4.39 Å². The standard InChI is InChI=1S/C12H14FNO3/c1-16-12(15)10-6-8(7-14-10)17-11-5-3-2-4-9(11)13/h2-5,8,10,14H,6-7H2,1H3/t8-,10-/m1/s1. The van der Waals surface area contributed by atoms with E-state index in [2.05, 4.69) is 10.1 Å². The van der Waals surface area contributed by atoms with Gasteiger partial charge in [-0.15, -0.1) is 0 Å². The summed E-state index contributed by atoms with van der Waals surface area (Å²) in [6.07, 6.45) is 0.275. The topological polar surface area (TPSA) is 47.6 Å². The Bertz CT molecular complexity index is 410. The van der Waals surface area contributed by atoms with Crippen LogP contribution in [0.5, 0.6) is 5.75 Å². The second kappa shape index (κ2) is 5.14. The van der Waals surface area contributed by atoms with Gasteiger partial charge in [-0.3, -0.25) is 4.79 Å². The van der Waals surface area contributed by atoms with E-state index in [4.69, 9.17) is 4.74 Å². The molecule has 1 aromatic rings. The molecule has 1 heterocycles. The fraction of sp³-hybridized carbons (Fsp3) is 0.417. The van der Waals surface area contributed by atoms with Crippen molar-refractivity contribution in [2.45, 2.75) is 18.6 Å². The van der Waals surface area contributed by atoms with Crippen LogP contribution in [-0.2, 0) is 9.53 Å². The molecule has 4 nitrogen and oxygen atoms in total. The summed E-state index contributed by atoms with van der Waals surface area (Å²) < 4.78 is 23.4. The van der Waals surface area contributed by atoms with Gasteiger partial charge < -0.3 is 14.8 Å². The molecule has 1 aromatic carbocycles. The fourth-order valence-corrected chi connectivity index (χ4v) is 1.83. The molecule has 0 amide bonds. The number of rotatable bonds is 3. The molecule has 1 saturated heterocycles. The van der Waals surface area contributed by atoms with Crippen LogP contribution in [-0.4, -0.2) is 31.8 Å². The molecule has 0 spiro atoms. The maximum Gasteiger partial charge on any atom is 0.323 e. The molecule has 0 bridgehead atoms. The van der Waals surface area contributed by atoms with E-state index in [1.54, 1.807) is 18.2 Å². The van der Waals surface area contributed by atoms with E-state index in [0.29, 0.717) is 13.0 Å². The van der Waals surface area contributed by atoms with Crippen LogP contribution in [0, 0.1) is 5.82 Å². The number of carbonyl (C=O) groups excluding carboxylic acids is 1. The molecule has 0 aromatic heterocycles. The van der Waals surface area contributed by atoms with Crippen LogP contribution in [0.3, 0.4) is 0 Å². The van der Waals surface area contributed by atoms with Crippen LogP contribution in [0.1, 0.15) is 6.42 Å². The summed E-state index contributed by atoms with van der Waals surface area (Å²) in [6, 6.07) is 5.86. The van der Waals surface area contributed by atoms with E-state index in [-0.39, 0.29) is 23.9 Å². The largest absolute Gasteiger partial charge is 0.486 e. The van der Waals surface area contributed by atoms with E-state index in [1.165, 1.54) is 13.2 Å². The Kier molecular flexibility index (Phi) is 3.58. The smallest absolute Gasteiger partial charge is 0.323 e. The van der Waals surface area contributed by atoms with Gasteiger partial charge in [0.15, 0.2) is 11.6 Å². The first-order valence-corrected chi connectivity index (χ1v) is 5.43. The lowest BCUT2D eigenvalue weighted by Crippen LogP contribution is -2.31. The molecule has 1 N–H and O–H groups in total. The van der Waals surface area contributed by atoms with Crippen LogP contribution in [0.25, 0.3) is 0 Å². The summed E-state index contributed by atoms with van der Waals surface area (Å²) in [4.78, 5) is 11.3. The van der Waals surface area contributed by atoms with Crippen LogP contribution in [0.15, 0.2) is 24.3 Å². The summed E-state index contributed by atoms with van der Waals surface area (Å²) in [5.41, 5.74) is 0. The predicted molar refractivity (Wildman–Crippen MR) is 59.2 cm³/mol. The lowest BCUT2D eigenvalue weighted by Gasteiger charge is -2.13. The summed E-state index contributed by atoms with van der Waals surface area (Å²) in [7, 11) is 1.34. The number of benzene rings is 1. The lowest BCUT2D eigenvalue weighted by atomic mass is 10.2. The Morgan fingerprint density at radius 3 is 2.94 bits per heavy atom. The molecule has 17 heavy (non-hydrogen) atoms. The number of nitrogens with one attached hydrogen (secondary N) is 1. The average molecular weight is 239 g/mol. The molecule has 2 rings (SSSR count). The number of hydrogen-bond donors (Lipinski definition) is 1. The molecule has 92 valence electrons. The second-order valence-corrected chi connectivity index (χ2v) is 3.89. The van der Waals surface area contributed by atoms with E-state index >= 15 is 0 Å². The van der Waals surface area contributed by atoms with Crippen molar-refractivity contribution >= 4 is 5.97 Å². The van der Waals surface area contributed by atoms with E-state index in [0.717, 1.165) is 0 Å². The second-order valence-electron chi connectivity index (χ2n) is 3.89. The molecule has 1 fully saturated rings. The number of halogens is 1. The number of esters is 1. The quantitative estimate of drug-likeness (QED) is 0.803.